The largest absolute Gasteiger partial charge is 0.454 e. The van der Waals surface area contributed by atoms with Crippen molar-refractivity contribution in [1.82, 2.24) is 5.32 Å². The van der Waals surface area contributed by atoms with E-state index in [9.17, 15) is 35.1 Å². The van der Waals surface area contributed by atoms with Crippen LogP contribution in [0.25, 0.3) is 0 Å². The molecule has 1 rings (SSSR count). The molecule has 0 spiro atoms. The van der Waals surface area contributed by atoms with Gasteiger partial charge in [0.1, 0.15) is 24.4 Å². The van der Waals surface area contributed by atoms with Crippen LogP contribution in [0.4, 0.5) is 0 Å². The lowest BCUT2D eigenvalue weighted by Gasteiger charge is -2.41. The van der Waals surface area contributed by atoms with Crippen molar-refractivity contribution >= 4 is 11.9 Å². The number of rotatable bonds is 49. The van der Waals surface area contributed by atoms with E-state index in [-0.39, 0.29) is 19.4 Å². The van der Waals surface area contributed by atoms with Gasteiger partial charge in [-0.05, 0) is 89.9 Å². The second-order valence-electron chi connectivity index (χ2n) is 20.5. The van der Waals surface area contributed by atoms with Crippen molar-refractivity contribution in [3.63, 3.8) is 0 Å². The number of hydrogen-bond donors (Lipinski definition) is 6. The van der Waals surface area contributed by atoms with E-state index >= 15 is 0 Å². The number of aliphatic hydroxyl groups is 5. The lowest BCUT2D eigenvalue weighted by molar-refractivity contribution is -0.305. The van der Waals surface area contributed by atoms with Crippen molar-refractivity contribution in [1.29, 1.82) is 0 Å². The molecule has 6 N–H and O–H groups in total. The van der Waals surface area contributed by atoms with E-state index in [1.807, 2.05) is 66.8 Å². The Morgan fingerprint density at radius 3 is 1.52 bits per heavy atom. The maximum atomic E-state index is 13.4. The molecule has 0 aromatic carbocycles. The minimum atomic E-state index is -1.64. The molecular weight excluding hydrogens is 991 g/mol. The Bertz CT molecular complexity index is 1840. The second kappa shape index (κ2) is 54.1. The Labute approximate surface area is 479 Å². The van der Waals surface area contributed by atoms with Gasteiger partial charge in [-0.25, -0.2) is 0 Å². The van der Waals surface area contributed by atoms with Crippen LogP contribution in [0.2, 0.25) is 0 Å². The molecule has 1 heterocycles. The normalized spacial score (nSPS) is 19.9. The van der Waals surface area contributed by atoms with Crippen molar-refractivity contribution in [2.45, 2.75) is 256 Å². The molecule has 1 saturated heterocycles. The van der Waals surface area contributed by atoms with Gasteiger partial charge in [0, 0.05) is 6.42 Å². The first-order chi connectivity index (χ1) is 38.7. The maximum absolute atomic E-state index is 13.4. The Morgan fingerprint density at radius 2 is 0.975 bits per heavy atom. The number of aliphatic hydroxyl groups excluding tert-OH is 5. The highest BCUT2D eigenvalue weighted by Crippen LogP contribution is 2.26. The number of hydrogen-bond acceptors (Lipinski definition) is 10. The average molecular weight is 1100 g/mol. The van der Waals surface area contributed by atoms with Crippen molar-refractivity contribution in [3.05, 3.63) is 146 Å². The fourth-order valence-electron chi connectivity index (χ4n) is 8.59. The van der Waals surface area contributed by atoms with Gasteiger partial charge in [0.05, 0.1) is 25.4 Å². The van der Waals surface area contributed by atoms with Crippen LogP contribution in [0.1, 0.15) is 207 Å². The summed E-state index contributed by atoms with van der Waals surface area (Å²) in [7, 11) is 0. The van der Waals surface area contributed by atoms with E-state index < -0.39 is 67.4 Å². The van der Waals surface area contributed by atoms with Crippen LogP contribution >= 0.6 is 0 Å². The van der Waals surface area contributed by atoms with Gasteiger partial charge < -0.3 is 45.1 Å². The van der Waals surface area contributed by atoms with Crippen molar-refractivity contribution in [2.24, 2.45) is 0 Å². The quantitative estimate of drug-likeness (QED) is 0.0149. The smallest absolute Gasteiger partial charge is 0.306 e. The van der Waals surface area contributed by atoms with Crippen LogP contribution in [0, 0.1) is 0 Å². The second-order valence-corrected chi connectivity index (χ2v) is 20.5. The van der Waals surface area contributed by atoms with E-state index in [0.29, 0.717) is 12.8 Å². The van der Waals surface area contributed by atoms with E-state index in [1.165, 1.54) is 38.5 Å². The molecule has 8 atom stereocenters. The summed E-state index contributed by atoms with van der Waals surface area (Å²) in [5.74, 6) is -1.27. The molecule has 11 heteroatoms. The highest BCUT2D eigenvalue weighted by molar-refractivity contribution is 5.80. The van der Waals surface area contributed by atoms with E-state index in [1.54, 1.807) is 6.08 Å². The number of carbonyl (C=O) groups excluding carboxylic acids is 2. The van der Waals surface area contributed by atoms with E-state index in [0.717, 1.165) is 122 Å². The number of unbranched alkanes of at least 4 members (excludes halogenated alkanes) is 18. The maximum Gasteiger partial charge on any atom is 0.306 e. The Morgan fingerprint density at radius 1 is 0.519 bits per heavy atom. The summed E-state index contributed by atoms with van der Waals surface area (Å²) in [6.07, 6.45) is 67.3. The van der Waals surface area contributed by atoms with Crippen molar-refractivity contribution in [3.8, 4) is 0 Å². The topological polar surface area (TPSA) is 175 Å². The molecule has 1 aliphatic heterocycles. The van der Waals surface area contributed by atoms with Gasteiger partial charge in [-0.15, -0.1) is 0 Å². The molecule has 0 saturated carbocycles. The SMILES string of the molecule is CC\C=C/C=C/C=C/C=C\C=C\C=C\CCCCCC(=O)OC1C(OCC(NC(=O)C(O)CCCCCCCC/C=C\C/C=C\C/C=C\C/C=C\C/C=C\CC)C(O)/C=C/CCCCCCCCCCC)OC(CO)C(O)C1O. The van der Waals surface area contributed by atoms with Gasteiger partial charge in [0.15, 0.2) is 12.4 Å². The molecule has 1 amide bonds. The molecule has 0 aromatic heterocycles. The molecule has 0 radical (unpaired) electrons. The van der Waals surface area contributed by atoms with Gasteiger partial charge in [-0.3, -0.25) is 9.59 Å². The fourth-order valence-corrected chi connectivity index (χ4v) is 8.59. The zero-order valence-electron chi connectivity index (χ0n) is 49.2. The predicted octanol–water partition coefficient (Wildman–Crippen LogP) is 14.6. The average Bonchev–Trinajstić information content (AvgIpc) is 3.47. The zero-order valence-corrected chi connectivity index (χ0v) is 49.2. The minimum absolute atomic E-state index is 0.0618. The Balaban J connectivity index is 2.71. The van der Waals surface area contributed by atoms with Crippen molar-refractivity contribution < 1.29 is 49.3 Å². The lowest BCUT2D eigenvalue weighted by atomic mass is 9.99. The first-order valence-corrected chi connectivity index (χ1v) is 30.7. The molecule has 0 bridgehead atoms. The summed E-state index contributed by atoms with van der Waals surface area (Å²) >= 11 is 0. The summed E-state index contributed by atoms with van der Waals surface area (Å²) < 4.78 is 17.5. The van der Waals surface area contributed by atoms with Gasteiger partial charge >= 0.3 is 5.97 Å². The molecule has 446 valence electrons. The van der Waals surface area contributed by atoms with Gasteiger partial charge in [0.2, 0.25) is 5.91 Å². The fraction of sp³-hybridized carbons (Fsp3) is 0.618. The van der Waals surface area contributed by atoms with Crippen LogP contribution < -0.4 is 5.32 Å². The van der Waals surface area contributed by atoms with Crippen LogP contribution in [0.3, 0.4) is 0 Å². The number of esters is 1. The first-order valence-electron chi connectivity index (χ1n) is 30.7. The van der Waals surface area contributed by atoms with E-state index in [4.69, 9.17) is 14.2 Å². The standard InChI is InChI=1S/C68H109NO10/c1-4-7-10-13-16-19-22-24-26-28-29-30-31-32-34-35-37-40-43-46-49-52-55-61(72)67(76)69-59(60(71)54-51-48-45-42-39-21-18-15-12-9-6-3)58-77-68-66(65(75)64(74)62(57-70)78-68)79-63(73)56-53-50-47-44-41-38-36-33-27-25-23-20-17-14-11-8-5-2/h7-8,10-11,14,16-17,19-20,23-27,29-30,32-34,36,38,41,51,54,59-62,64-66,68,70-72,74-75H,4-6,9,12-13,15,18,21-22,28,31,35,37,39-40,42-50,52-53,55-58H2,1-3H3,(H,69,76)/b10-7-,11-8-,17-14+,19-16-,23-20+,26-24-,27-25-,30-29-,34-32-,36-33+,41-38+,54-51+. The molecule has 1 aliphatic rings. The predicted molar refractivity (Wildman–Crippen MR) is 328 cm³/mol. The monoisotopic (exact) mass is 1100 g/mol. The number of carbonyl (C=O) groups is 2. The van der Waals surface area contributed by atoms with Gasteiger partial charge in [-0.1, -0.05) is 256 Å². The zero-order chi connectivity index (χ0) is 57.5. The molecule has 1 fully saturated rings. The van der Waals surface area contributed by atoms with Crippen LogP contribution in [-0.4, -0.2) is 99.6 Å². The lowest BCUT2D eigenvalue weighted by Crippen LogP contribution is -2.61. The molecule has 0 aromatic rings. The summed E-state index contributed by atoms with van der Waals surface area (Å²) in [5, 5.41) is 56.9. The Hall–Kier alpha value is -4.46. The van der Waals surface area contributed by atoms with Gasteiger partial charge in [-0.2, -0.15) is 0 Å². The molecule has 0 aliphatic carbocycles. The van der Waals surface area contributed by atoms with Crippen LogP contribution in [0.15, 0.2) is 146 Å². The first kappa shape index (κ1) is 72.6. The third-order valence-electron chi connectivity index (χ3n) is 13.4. The van der Waals surface area contributed by atoms with Crippen LogP contribution in [0.5, 0.6) is 0 Å². The summed E-state index contributed by atoms with van der Waals surface area (Å²) in [5.41, 5.74) is 0. The Kier molecular flexibility index (Phi) is 49.7. The molecule has 11 nitrogen and oxygen atoms in total. The third kappa shape index (κ3) is 42.1. The summed E-state index contributed by atoms with van der Waals surface area (Å²) in [4.78, 5) is 26.5. The number of allylic oxidation sites excluding steroid dienone is 23. The highest BCUT2D eigenvalue weighted by atomic mass is 16.7. The van der Waals surface area contributed by atoms with Gasteiger partial charge in [0.25, 0.3) is 0 Å². The number of ether oxygens (including phenoxy) is 3. The summed E-state index contributed by atoms with van der Waals surface area (Å²) in [6, 6.07) is -1.05. The number of amides is 1. The highest BCUT2D eigenvalue weighted by Gasteiger charge is 2.47. The minimum Gasteiger partial charge on any atom is -0.454 e. The van der Waals surface area contributed by atoms with E-state index in [2.05, 4.69) is 99.0 Å². The van der Waals surface area contributed by atoms with Crippen molar-refractivity contribution in [2.75, 3.05) is 13.2 Å². The molecular formula is C68H109NO10. The van der Waals surface area contributed by atoms with Crippen LogP contribution in [-0.2, 0) is 23.8 Å². The number of nitrogens with one attached hydrogen (secondary N) is 1. The molecule has 8 unspecified atom stereocenters. The molecule has 79 heavy (non-hydrogen) atoms. The summed E-state index contributed by atoms with van der Waals surface area (Å²) in [6.45, 7) is 5.47. The third-order valence-corrected chi connectivity index (χ3v) is 13.4.